The number of benzene rings is 2. The van der Waals surface area contributed by atoms with E-state index >= 15 is 0 Å². The van der Waals surface area contributed by atoms with Crippen molar-refractivity contribution in [2.24, 2.45) is 11.8 Å². The van der Waals surface area contributed by atoms with Crippen molar-refractivity contribution in [2.75, 3.05) is 32.2 Å². The topological polar surface area (TPSA) is 231 Å². The monoisotopic (exact) mass is 692 g/mol. The van der Waals surface area contributed by atoms with E-state index in [9.17, 15) is 39.0 Å². The lowest BCUT2D eigenvalue weighted by molar-refractivity contribution is -0.134. The lowest BCUT2D eigenvalue weighted by Crippen LogP contribution is -2.59. The maximum atomic E-state index is 14.0. The zero-order chi connectivity index (χ0) is 35.9. The summed E-state index contributed by atoms with van der Waals surface area (Å²) in [4.78, 5) is 81.5. The van der Waals surface area contributed by atoms with Crippen LogP contribution in [0.5, 0.6) is 11.5 Å². The van der Waals surface area contributed by atoms with Crippen LogP contribution < -0.4 is 41.6 Å². The number of ether oxygens (including phenoxy) is 3. The molecule has 0 radical (unpaired) electrons. The number of aliphatic hydroxyl groups excluding tert-OH is 2. The fourth-order valence-electron chi connectivity index (χ4n) is 6.98. The van der Waals surface area contributed by atoms with Crippen LogP contribution in [0.1, 0.15) is 24.8 Å². The van der Waals surface area contributed by atoms with E-state index < -0.39 is 89.4 Å². The third kappa shape index (κ3) is 5.83. The highest BCUT2D eigenvalue weighted by Gasteiger charge is 2.67. The van der Waals surface area contributed by atoms with Crippen molar-refractivity contribution in [2.45, 2.75) is 43.0 Å². The second-order valence-corrected chi connectivity index (χ2v) is 12.3. The molecule has 0 aliphatic carbocycles. The van der Waals surface area contributed by atoms with Gasteiger partial charge in [0.2, 0.25) is 23.6 Å². The van der Waals surface area contributed by atoms with Crippen molar-refractivity contribution in [3.63, 3.8) is 0 Å². The van der Waals surface area contributed by atoms with Gasteiger partial charge in [0.1, 0.15) is 23.9 Å². The number of para-hydroxylation sites is 2. The molecule has 264 valence electrons. The number of nitrogens with one attached hydrogen (secondary N) is 4. The lowest BCUT2D eigenvalue weighted by Gasteiger charge is -2.30. The molecule has 2 aromatic carbocycles. The van der Waals surface area contributed by atoms with E-state index in [0.29, 0.717) is 22.7 Å². The van der Waals surface area contributed by atoms with Crippen molar-refractivity contribution in [1.82, 2.24) is 25.5 Å². The zero-order valence-corrected chi connectivity index (χ0v) is 27.2. The Morgan fingerprint density at radius 2 is 1.68 bits per heavy atom. The number of aromatic nitrogens is 2. The van der Waals surface area contributed by atoms with Crippen molar-refractivity contribution >= 4 is 29.3 Å². The van der Waals surface area contributed by atoms with E-state index in [-0.39, 0.29) is 6.54 Å². The zero-order valence-electron chi connectivity index (χ0n) is 27.2. The number of hydrogen-bond donors (Lipinski definition) is 6. The Bertz CT molecular complexity index is 1930. The smallest absolute Gasteiger partial charge is 0.330 e. The Hall–Kier alpha value is -5.36. The Labute approximate surface area is 284 Å². The third-order valence-corrected chi connectivity index (χ3v) is 9.41. The molecule has 0 spiro atoms. The summed E-state index contributed by atoms with van der Waals surface area (Å²) in [5.41, 5.74) is -2.35. The normalized spacial score (nSPS) is 28.7. The molecule has 8 atom stereocenters. The number of nitrogens with zero attached hydrogens (tertiary/aromatic N) is 2. The molecule has 0 unspecified atom stereocenters. The van der Waals surface area contributed by atoms with Gasteiger partial charge in [-0.15, -0.1) is 0 Å². The van der Waals surface area contributed by atoms with Gasteiger partial charge in [-0.1, -0.05) is 30.3 Å². The highest BCUT2D eigenvalue weighted by atomic mass is 16.6. The third-order valence-electron chi connectivity index (χ3n) is 9.41. The number of H-pyrrole nitrogens is 1. The molecule has 0 saturated carbocycles. The van der Waals surface area contributed by atoms with Gasteiger partial charge < -0.3 is 35.1 Å². The van der Waals surface area contributed by atoms with Gasteiger partial charge >= 0.3 is 5.69 Å². The molecule has 3 aliphatic heterocycles. The summed E-state index contributed by atoms with van der Waals surface area (Å²) in [7, 11) is 2.90. The van der Waals surface area contributed by atoms with Gasteiger partial charge in [0.05, 0.1) is 38.3 Å². The minimum Gasteiger partial charge on any atom is -0.493 e. The Morgan fingerprint density at radius 1 is 0.940 bits per heavy atom. The first-order valence-corrected chi connectivity index (χ1v) is 15.7. The summed E-state index contributed by atoms with van der Waals surface area (Å²) in [6.45, 7) is 0.630. The van der Waals surface area contributed by atoms with Crippen LogP contribution in [-0.4, -0.2) is 94.6 Å². The molecule has 0 bridgehead atoms. The summed E-state index contributed by atoms with van der Waals surface area (Å²) in [5.74, 6) is -4.02. The number of rotatable bonds is 10. The quantitative estimate of drug-likeness (QED) is 0.131. The maximum absolute atomic E-state index is 14.0. The maximum Gasteiger partial charge on any atom is 0.330 e. The second-order valence-electron chi connectivity index (χ2n) is 12.3. The molecular formula is C33H36N6O11. The predicted molar refractivity (Wildman–Crippen MR) is 173 cm³/mol. The molecule has 4 amide bonds. The largest absolute Gasteiger partial charge is 0.493 e. The Kier molecular flexibility index (Phi) is 9.32. The minimum atomic E-state index is -1.67. The fourth-order valence-corrected chi connectivity index (χ4v) is 6.98. The Morgan fingerprint density at radius 3 is 2.36 bits per heavy atom. The first-order valence-electron chi connectivity index (χ1n) is 15.7. The predicted octanol–water partition coefficient (Wildman–Crippen LogP) is -1.69. The Balaban J connectivity index is 1.18. The van der Waals surface area contributed by atoms with E-state index in [4.69, 9.17) is 14.2 Å². The lowest BCUT2D eigenvalue weighted by atomic mass is 9.79. The summed E-state index contributed by atoms with van der Waals surface area (Å²) >= 11 is 0. The summed E-state index contributed by atoms with van der Waals surface area (Å²) < 4.78 is 17.6. The number of carbonyl (C=O) groups is 4. The van der Waals surface area contributed by atoms with E-state index in [0.717, 1.165) is 21.7 Å². The highest BCUT2D eigenvalue weighted by Crippen LogP contribution is 2.52. The van der Waals surface area contributed by atoms with Crippen LogP contribution >= 0.6 is 0 Å². The van der Waals surface area contributed by atoms with Gasteiger partial charge in [0, 0.05) is 30.4 Å². The van der Waals surface area contributed by atoms with E-state index in [2.05, 4.69) is 16.0 Å². The SMILES string of the molecule is COc1cccc([C@H]2N[C@@](C)(C(=O)NCC(=O)NC[C@H]3O[C@@H](n4ccc(=O)[nH]c4=O)[C@H](O)[C@@H]3O)[C@H]3C(=O)N(c4ccccc4)C(=O)[C@@H]23)c1OC. The summed E-state index contributed by atoms with van der Waals surface area (Å²) in [6, 6.07) is 13.7. The number of hydrogen-bond acceptors (Lipinski definition) is 12. The average Bonchev–Trinajstić information content (AvgIpc) is 3.69. The minimum absolute atomic E-state index is 0.307. The fraction of sp³-hybridized carbons (Fsp3) is 0.394. The van der Waals surface area contributed by atoms with E-state index in [1.165, 1.54) is 21.1 Å². The molecule has 17 heteroatoms. The van der Waals surface area contributed by atoms with E-state index in [1.807, 2.05) is 4.98 Å². The van der Waals surface area contributed by atoms with Crippen LogP contribution in [0.25, 0.3) is 0 Å². The highest BCUT2D eigenvalue weighted by molar-refractivity contribution is 6.24. The average molecular weight is 693 g/mol. The molecule has 3 saturated heterocycles. The molecule has 3 aromatic rings. The van der Waals surface area contributed by atoms with Crippen LogP contribution in [0, 0.1) is 11.8 Å². The van der Waals surface area contributed by atoms with Crippen LogP contribution in [0.2, 0.25) is 0 Å². The number of carbonyl (C=O) groups excluding carboxylic acids is 4. The number of aromatic amines is 1. The van der Waals surface area contributed by atoms with Crippen LogP contribution in [0.4, 0.5) is 5.69 Å². The molecule has 17 nitrogen and oxygen atoms in total. The first-order chi connectivity index (χ1) is 23.9. The van der Waals surface area contributed by atoms with Gasteiger partial charge in [-0.3, -0.25) is 38.8 Å². The molecule has 6 N–H and O–H groups in total. The van der Waals surface area contributed by atoms with Gasteiger partial charge in [-0.2, -0.15) is 0 Å². The van der Waals surface area contributed by atoms with Crippen LogP contribution in [-0.2, 0) is 23.9 Å². The molecule has 3 fully saturated rings. The molecule has 1 aromatic heterocycles. The first kappa shape index (κ1) is 34.5. The molecule has 50 heavy (non-hydrogen) atoms. The second kappa shape index (κ2) is 13.5. The number of amides is 4. The van der Waals surface area contributed by atoms with Gasteiger partial charge in [-0.25, -0.2) is 9.69 Å². The standard InChI is InChI=1S/C33H36N6O11/c1-33(31(46)35-15-21(41)34-14-19-25(42)26(43)30(50-19)38-13-12-20(40)36-32(38)47)23-22(28(44)39(29(23)45)16-8-5-4-6-9-16)24(37-33)17-10-7-11-18(48-2)27(17)49-3/h4-13,19,22-26,30,37,42-43H,14-15H2,1-3H3,(H,34,41)(H,35,46)(H,36,40,47)/t19-,22-,23-,24-,25-,26-,30-,33-/m1/s1. The molecular weight excluding hydrogens is 656 g/mol. The van der Waals surface area contributed by atoms with Crippen LogP contribution in [0.15, 0.2) is 70.4 Å². The number of aliphatic hydroxyl groups is 2. The number of imide groups is 1. The summed E-state index contributed by atoms with van der Waals surface area (Å²) in [6.07, 6.45) is -4.43. The van der Waals surface area contributed by atoms with Gasteiger partial charge in [0.25, 0.3) is 5.56 Å². The van der Waals surface area contributed by atoms with Crippen molar-refractivity contribution in [3.05, 3.63) is 87.2 Å². The van der Waals surface area contributed by atoms with Crippen LogP contribution in [0.3, 0.4) is 0 Å². The van der Waals surface area contributed by atoms with Crippen molar-refractivity contribution in [1.29, 1.82) is 0 Å². The number of anilines is 1. The molecule has 6 rings (SSSR count). The molecule has 3 aliphatic rings. The van der Waals surface area contributed by atoms with Crippen molar-refractivity contribution in [3.8, 4) is 11.5 Å². The van der Waals surface area contributed by atoms with E-state index in [1.54, 1.807) is 48.5 Å². The van der Waals surface area contributed by atoms with Gasteiger partial charge in [-0.05, 0) is 25.1 Å². The number of fused-ring (bicyclic) bond motifs is 1. The molecule has 4 heterocycles. The summed E-state index contributed by atoms with van der Waals surface area (Å²) in [5, 5.41) is 29.2. The number of methoxy groups -OCH3 is 2. The van der Waals surface area contributed by atoms with Gasteiger partial charge in [0.15, 0.2) is 17.7 Å². The van der Waals surface area contributed by atoms with Crippen molar-refractivity contribution < 1.29 is 43.6 Å².